The molecule has 1 aliphatic rings. The maximum absolute atomic E-state index is 12.5. The van der Waals surface area contributed by atoms with Gasteiger partial charge in [0.25, 0.3) is 15.9 Å². The Morgan fingerprint density at radius 1 is 1.30 bits per heavy atom. The number of hydrogen-bond donors (Lipinski definition) is 3. The standard InChI is InChI=1S/C14H16N4O4S/c1-22-12-5-9-3-2-4-10(9)6-13(12)23(20,21)18-17-14(19)11-7-15-16-8-11/h5-8,18H,2-4H2,1H3,(H,15,16)(H,17,19). The highest BCUT2D eigenvalue weighted by Gasteiger charge is 2.24. The van der Waals surface area contributed by atoms with Crippen LogP contribution < -0.4 is 15.0 Å². The van der Waals surface area contributed by atoms with E-state index in [1.807, 2.05) is 0 Å². The molecule has 0 unspecified atom stereocenters. The van der Waals surface area contributed by atoms with E-state index in [9.17, 15) is 13.2 Å². The first kappa shape index (κ1) is 15.5. The van der Waals surface area contributed by atoms with Crippen LogP contribution in [0.2, 0.25) is 0 Å². The van der Waals surface area contributed by atoms with E-state index in [1.54, 1.807) is 12.1 Å². The van der Waals surface area contributed by atoms with Crippen molar-refractivity contribution in [3.63, 3.8) is 0 Å². The summed E-state index contributed by atoms with van der Waals surface area (Å²) in [5.41, 5.74) is 4.46. The van der Waals surface area contributed by atoms with Crippen LogP contribution in [0.5, 0.6) is 5.75 Å². The van der Waals surface area contributed by atoms with Crippen LogP contribution in [-0.4, -0.2) is 31.6 Å². The zero-order valence-corrected chi connectivity index (χ0v) is 13.2. The number of carbonyl (C=O) groups excluding carboxylic acids is 1. The van der Waals surface area contributed by atoms with Gasteiger partial charge in [0.1, 0.15) is 10.6 Å². The van der Waals surface area contributed by atoms with E-state index in [-0.39, 0.29) is 16.2 Å². The van der Waals surface area contributed by atoms with E-state index in [2.05, 4.69) is 20.5 Å². The molecule has 0 spiro atoms. The van der Waals surface area contributed by atoms with Crippen molar-refractivity contribution in [3.05, 3.63) is 41.2 Å². The van der Waals surface area contributed by atoms with Gasteiger partial charge in [-0.2, -0.15) is 5.10 Å². The predicted octanol–water partition coefficient (Wildman–Crippen LogP) is 0.530. The van der Waals surface area contributed by atoms with Crippen molar-refractivity contribution in [1.82, 2.24) is 20.5 Å². The first-order valence-corrected chi connectivity index (χ1v) is 8.50. The second kappa shape index (κ2) is 6.01. The lowest BCUT2D eigenvalue weighted by molar-refractivity contribution is 0.0945. The lowest BCUT2D eigenvalue weighted by atomic mass is 10.1. The Kier molecular flexibility index (Phi) is 4.05. The van der Waals surface area contributed by atoms with Crippen LogP contribution in [0.4, 0.5) is 0 Å². The highest BCUT2D eigenvalue weighted by atomic mass is 32.2. The van der Waals surface area contributed by atoms with Gasteiger partial charge in [0.05, 0.1) is 18.9 Å². The van der Waals surface area contributed by atoms with Crippen LogP contribution in [-0.2, 0) is 22.9 Å². The summed E-state index contributed by atoms with van der Waals surface area (Å²) in [5.74, 6) is -0.349. The molecule has 0 fully saturated rings. The number of nitrogens with zero attached hydrogens (tertiary/aromatic N) is 1. The molecule has 0 saturated heterocycles. The van der Waals surface area contributed by atoms with Crippen LogP contribution in [0.3, 0.4) is 0 Å². The molecule has 1 heterocycles. The third kappa shape index (κ3) is 3.06. The van der Waals surface area contributed by atoms with E-state index in [0.717, 1.165) is 30.4 Å². The molecule has 1 aromatic heterocycles. The number of amides is 1. The van der Waals surface area contributed by atoms with Crippen molar-refractivity contribution in [2.75, 3.05) is 7.11 Å². The van der Waals surface area contributed by atoms with Gasteiger partial charge in [-0.1, -0.05) is 0 Å². The number of hydrazine groups is 1. The number of rotatable bonds is 5. The van der Waals surface area contributed by atoms with E-state index in [1.165, 1.54) is 19.5 Å². The Bertz CT molecular complexity index is 831. The van der Waals surface area contributed by atoms with Gasteiger partial charge in [-0.05, 0) is 42.5 Å². The second-order valence-electron chi connectivity index (χ2n) is 5.17. The fourth-order valence-electron chi connectivity index (χ4n) is 2.56. The largest absolute Gasteiger partial charge is 0.495 e. The average molecular weight is 336 g/mol. The summed E-state index contributed by atoms with van der Waals surface area (Å²) in [4.78, 5) is 13.9. The molecule has 23 heavy (non-hydrogen) atoms. The molecular formula is C14H16N4O4S. The van der Waals surface area contributed by atoms with Crippen molar-refractivity contribution in [3.8, 4) is 5.75 Å². The third-order valence-electron chi connectivity index (χ3n) is 3.73. The molecule has 2 aromatic rings. The number of hydrogen-bond acceptors (Lipinski definition) is 5. The number of sulfonamides is 1. The molecule has 1 aliphatic carbocycles. The smallest absolute Gasteiger partial charge is 0.269 e. The van der Waals surface area contributed by atoms with Gasteiger partial charge in [-0.15, -0.1) is 4.83 Å². The van der Waals surface area contributed by atoms with Gasteiger partial charge in [0.15, 0.2) is 0 Å². The van der Waals surface area contributed by atoms with E-state index in [0.29, 0.717) is 0 Å². The number of H-pyrrole nitrogens is 1. The fourth-order valence-corrected chi connectivity index (χ4v) is 3.61. The molecule has 1 amide bonds. The second-order valence-corrected chi connectivity index (χ2v) is 6.82. The number of methoxy groups -OCH3 is 1. The minimum absolute atomic E-state index is 0.00754. The SMILES string of the molecule is COc1cc2c(cc1S(=O)(=O)NNC(=O)c1cn[nH]c1)CCC2. The van der Waals surface area contributed by atoms with Crippen LogP contribution in [0.25, 0.3) is 0 Å². The van der Waals surface area contributed by atoms with E-state index in [4.69, 9.17) is 4.74 Å². The Morgan fingerprint density at radius 2 is 2.04 bits per heavy atom. The number of aryl methyl sites for hydroxylation is 2. The van der Waals surface area contributed by atoms with Gasteiger partial charge in [0, 0.05) is 6.20 Å². The van der Waals surface area contributed by atoms with Gasteiger partial charge in [-0.3, -0.25) is 15.3 Å². The number of aromatic nitrogens is 2. The van der Waals surface area contributed by atoms with Crippen LogP contribution in [0, 0.1) is 0 Å². The number of aromatic amines is 1. The number of benzene rings is 1. The zero-order chi connectivity index (χ0) is 16.4. The van der Waals surface area contributed by atoms with Crippen molar-refractivity contribution in [2.24, 2.45) is 0 Å². The lowest BCUT2D eigenvalue weighted by Gasteiger charge is -2.13. The number of ether oxygens (including phenoxy) is 1. The molecule has 9 heteroatoms. The summed E-state index contributed by atoms with van der Waals surface area (Å²) in [6.45, 7) is 0. The molecule has 0 atom stereocenters. The third-order valence-corrected chi connectivity index (χ3v) is 5.00. The summed E-state index contributed by atoms with van der Waals surface area (Å²) < 4.78 is 30.1. The van der Waals surface area contributed by atoms with Gasteiger partial charge < -0.3 is 4.74 Å². The molecule has 122 valence electrons. The summed E-state index contributed by atoms with van der Waals surface area (Å²) in [5, 5.41) is 6.11. The monoisotopic (exact) mass is 336 g/mol. The maximum Gasteiger partial charge on any atom is 0.269 e. The average Bonchev–Trinajstić information content (AvgIpc) is 3.21. The minimum Gasteiger partial charge on any atom is -0.495 e. The summed E-state index contributed by atoms with van der Waals surface area (Å²) in [6.07, 6.45) is 5.39. The van der Waals surface area contributed by atoms with Crippen molar-refractivity contribution in [2.45, 2.75) is 24.2 Å². The van der Waals surface area contributed by atoms with Gasteiger partial charge in [-0.25, -0.2) is 8.42 Å². The lowest BCUT2D eigenvalue weighted by Crippen LogP contribution is -2.41. The number of nitrogens with one attached hydrogen (secondary N) is 3. The molecule has 0 bridgehead atoms. The maximum atomic E-state index is 12.5. The molecule has 0 aliphatic heterocycles. The van der Waals surface area contributed by atoms with Crippen molar-refractivity contribution < 1.29 is 17.9 Å². The Labute approximate surface area is 133 Å². The molecule has 1 aromatic carbocycles. The predicted molar refractivity (Wildman–Crippen MR) is 81.4 cm³/mol. The van der Waals surface area contributed by atoms with Crippen LogP contribution in [0.15, 0.2) is 29.4 Å². The summed E-state index contributed by atoms with van der Waals surface area (Å²) in [7, 11) is -2.53. The highest BCUT2D eigenvalue weighted by molar-refractivity contribution is 7.89. The highest BCUT2D eigenvalue weighted by Crippen LogP contribution is 2.32. The zero-order valence-electron chi connectivity index (χ0n) is 12.4. The molecule has 0 radical (unpaired) electrons. The van der Waals surface area contributed by atoms with Crippen molar-refractivity contribution >= 4 is 15.9 Å². The number of carbonyl (C=O) groups is 1. The first-order valence-electron chi connectivity index (χ1n) is 7.02. The Balaban J connectivity index is 1.83. The molecule has 3 N–H and O–H groups in total. The van der Waals surface area contributed by atoms with Gasteiger partial charge in [0.2, 0.25) is 0 Å². The molecular weight excluding hydrogens is 320 g/mol. The van der Waals surface area contributed by atoms with Crippen molar-refractivity contribution in [1.29, 1.82) is 0 Å². The Morgan fingerprint density at radius 3 is 2.70 bits per heavy atom. The van der Waals surface area contributed by atoms with E-state index < -0.39 is 15.9 Å². The summed E-state index contributed by atoms with van der Waals surface area (Å²) in [6, 6.07) is 3.35. The quantitative estimate of drug-likeness (QED) is 0.689. The molecule has 0 saturated carbocycles. The van der Waals surface area contributed by atoms with Crippen LogP contribution in [0.1, 0.15) is 27.9 Å². The molecule has 8 nitrogen and oxygen atoms in total. The number of fused-ring (bicyclic) bond motifs is 1. The van der Waals surface area contributed by atoms with Gasteiger partial charge >= 0.3 is 0 Å². The Hall–Kier alpha value is -2.39. The van der Waals surface area contributed by atoms with E-state index >= 15 is 0 Å². The summed E-state index contributed by atoms with van der Waals surface area (Å²) >= 11 is 0. The van der Waals surface area contributed by atoms with Crippen LogP contribution >= 0.6 is 0 Å². The fraction of sp³-hybridized carbons (Fsp3) is 0.286. The molecule has 3 rings (SSSR count). The first-order chi connectivity index (χ1) is 11.0. The topological polar surface area (TPSA) is 113 Å². The normalized spacial score (nSPS) is 13.6. The minimum atomic E-state index is -3.95.